The molecule has 2 rings (SSSR count). The molecule has 0 saturated carbocycles. The van der Waals surface area contributed by atoms with E-state index in [1.165, 1.54) is 6.20 Å². The molecule has 1 heterocycles. The molecule has 0 aliphatic heterocycles. The van der Waals surface area contributed by atoms with Crippen LogP contribution < -0.4 is 4.74 Å². The molecule has 2 aromatic rings. The number of hydrogen-bond acceptors (Lipinski definition) is 3. The second-order valence-corrected chi connectivity index (χ2v) is 3.84. The van der Waals surface area contributed by atoms with Crippen molar-refractivity contribution in [3.8, 4) is 16.9 Å². The maximum Gasteiger partial charge on any atom is 0.137 e. The first-order chi connectivity index (χ1) is 8.76. The third-order valence-corrected chi connectivity index (χ3v) is 2.71. The monoisotopic (exact) mass is 260 g/mol. The summed E-state index contributed by atoms with van der Waals surface area (Å²) in [5, 5.41) is 4.10. The molecule has 0 N–H and O–H groups in total. The fourth-order valence-corrected chi connectivity index (χ4v) is 1.85. The van der Waals surface area contributed by atoms with Crippen LogP contribution >= 0.6 is 11.6 Å². The number of hydrogen-bond donors (Lipinski definition) is 0. The van der Waals surface area contributed by atoms with Gasteiger partial charge in [-0.3, -0.25) is 4.98 Å². The highest BCUT2D eigenvalue weighted by atomic mass is 35.5. The van der Waals surface area contributed by atoms with E-state index >= 15 is 0 Å². The Morgan fingerprint density at radius 1 is 1.39 bits per heavy atom. The third-order valence-electron chi connectivity index (χ3n) is 2.42. The minimum absolute atomic E-state index is 0.459. The highest BCUT2D eigenvalue weighted by Gasteiger charge is 2.07. The van der Waals surface area contributed by atoms with Crippen molar-refractivity contribution in [2.75, 3.05) is 7.11 Å². The minimum atomic E-state index is 0.459. The van der Waals surface area contributed by atoms with Crippen molar-refractivity contribution < 1.29 is 4.74 Å². The Morgan fingerprint density at radius 2 is 2.22 bits per heavy atom. The predicted octanol–water partition coefficient (Wildman–Crippen LogP) is 4.35. The number of aromatic nitrogens is 1. The van der Waals surface area contributed by atoms with Gasteiger partial charge in [0.1, 0.15) is 5.75 Å². The standard InChI is InChI=1S/C12H9ClN4O/c1-18-12-3-2-8(6-10(12)13)9-4-5-15-7-11(9)16-17-14/h2-7H,1H3. The van der Waals surface area contributed by atoms with Gasteiger partial charge < -0.3 is 4.74 Å². The number of azide groups is 1. The average Bonchev–Trinajstić information content (AvgIpc) is 2.40. The first-order valence-electron chi connectivity index (χ1n) is 5.09. The predicted molar refractivity (Wildman–Crippen MR) is 70.0 cm³/mol. The molecule has 1 aromatic carbocycles. The van der Waals surface area contributed by atoms with E-state index in [0.717, 1.165) is 11.1 Å². The van der Waals surface area contributed by atoms with E-state index in [9.17, 15) is 0 Å². The van der Waals surface area contributed by atoms with Crippen LogP contribution in [0.4, 0.5) is 5.69 Å². The molecule has 0 aliphatic rings. The van der Waals surface area contributed by atoms with Crippen molar-refractivity contribution in [2.45, 2.75) is 0 Å². The van der Waals surface area contributed by atoms with E-state index in [2.05, 4.69) is 15.0 Å². The summed E-state index contributed by atoms with van der Waals surface area (Å²) >= 11 is 6.06. The molecule has 0 bridgehead atoms. The maximum atomic E-state index is 8.51. The Labute approximate surface area is 109 Å². The highest BCUT2D eigenvalue weighted by Crippen LogP contribution is 2.34. The van der Waals surface area contributed by atoms with Crippen LogP contribution in [-0.2, 0) is 0 Å². The second-order valence-electron chi connectivity index (χ2n) is 3.43. The quantitative estimate of drug-likeness (QED) is 0.467. The largest absolute Gasteiger partial charge is 0.495 e. The van der Waals surface area contributed by atoms with Crippen LogP contribution in [0.1, 0.15) is 0 Å². The minimum Gasteiger partial charge on any atom is -0.495 e. The third kappa shape index (κ3) is 2.37. The fraction of sp³-hybridized carbons (Fsp3) is 0.0833. The van der Waals surface area contributed by atoms with Gasteiger partial charge in [-0.25, -0.2) is 0 Å². The second kappa shape index (κ2) is 5.40. The molecule has 0 spiro atoms. The first kappa shape index (κ1) is 12.2. The zero-order valence-electron chi connectivity index (χ0n) is 9.54. The Kier molecular flexibility index (Phi) is 3.67. The van der Waals surface area contributed by atoms with Gasteiger partial charge in [0.25, 0.3) is 0 Å². The molecule has 90 valence electrons. The van der Waals surface area contributed by atoms with Crippen molar-refractivity contribution in [1.29, 1.82) is 0 Å². The number of ether oxygens (including phenoxy) is 1. The Balaban J connectivity index is 2.55. The Hall–Kier alpha value is -2.23. The van der Waals surface area contributed by atoms with Crippen LogP contribution in [0.2, 0.25) is 5.02 Å². The first-order valence-corrected chi connectivity index (χ1v) is 5.47. The SMILES string of the molecule is COc1ccc(-c2ccncc2N=[N+]=[N-])cc1Cl. The lowest BCUT2D eigenvalue weighted by Crippen LogP contribution is -1.85. The van der Waals surface area contributed by atoms with Gasteiger partial charge in [0.05, 0.1) is 17.8 Å². The lowest BCUT2D eigenvalue weighted by Gasteiger charge is -2.08. The van der Waals surface area contributed by atoms with E-state index in [0.29, 0.717) is 16.5 Å². The maximum absolute atomic E-state index is 8.51. The summed E-state index contributed by atoms with van der Waals surface area (Å²) in [6, 6.07) is 7.13. The van der Waals surface area contributed by atoms with Crippen LogP contribution in [0.15, 0.2) is 41.8 Å². The summed E-state index contributed by atoms with van der Waals surface area (Å²) in [5.41, 5.74) is 10.6. The van der Waals surface area contributed by atoms with Crippen LogP contribution in [0, 0.1) is 0 Å². The smallest absolute Gasteiger partial charge is 0.137 e. The van der Waals surface area contributed by atoms with Crippen LogP contribution in [0.5, 0.6) is 5.75 Å². The van der Waals surface area contributed by atoms with Gasteiger partial charge in [0.15, 0.2) is 0 Å². The van der Waals surface area contributed by atoms with Crippen molar-refractivity contribution >= 4 is 17.3 Å². The van der Waals surface area contributed by atoms with Crippen molar-refractivity contribution in [3.63, 3.8) is 0 Å². The number of pyridine rings is 1. The molecule has 0 amide bonds. The summed E-state index contributed by atoms with van der Waals surface area (Å²) in [5.74, 6) is 0.597. The lowest BCUT2D eigenvalue weighted by molar-refractivity contribution is 0.415. The van der Waals surface area contributed by atoms with Gasteiger partial charge in [0, 0.05) is 17.3 Å². The summed E-state index contributed by atoms with van der Waals surface area (Å²) in [7, 11) is 1.55. The zero-order valence-corrected chi connectivity index (χ0v) is 10.3. The lowest BCUT2D eigenvalue weighted by atomic mass is 10.1. The normalized spacial score (nSPS) is 9.67. The molecule has 18 heavy (non-hydrogen) atoms. The molecular formula is C12H9ClN4O. The van der Waals surface area contributed by atoms with Gasteiger partial charge in [-0.05, 0) is 34.9 Å². The van der Waals surface area contributed by atoms with Crippen molar-refractivity contribution in [2.24, 2.45) is 5.11 Å². The summed E-state index contributed by atoms with van der Waals surface area (Å²) in [6.45, 7) is 0. The van der Waals surface area contributed by atoms with Gasteiger partial charge >= 0.3 is 0 Å². The van der Waals surface area contributed by atoms with Crippen LogP contribution in [0.25, 0.3) is 21.6 Å². The van der Waals surface area contributed by atoms with E-state index in [1.54, 1.807) is 31.5 Å². The van der Waals surface area contributed by atoms with E-state index in [1.807, 2.05) is 6.07 Å². The number of halogens is 1. The number of benzene rings is 1. The molecule has 0 atom stereocenters. The molecule has 0 unspecified atom stereocenters. The Bertz CT molecular complexity index is 623. The molecule has 5 nitrogen and oxygen atoms in total. The molecular weight excluding hydrogens is 252 g/mol. The molecule has 0 radical (unpaired) electrons. The van der Waals surface area contributed by atoms with E-state index < -0.39 is 0 Å². The van der Waals surface area contributed by atoms with E-state index in [-0.39, 0.29) is 0 Å². The van der Waals surface area contributed by atoms with E-state index in [4.69, 9.17) is 21.9 Å². The summed E-state index contributed by atoms with van der Waals surface area (Å²) < 4.78 is 5.09. The number of methoxy groups -OCH3 is 1. The highest BCUT2D eigenvalue weighted by molar-refractivity contribution is 6.32. The topological polar surface area (TPSA) is 70.9 Å². The molecule has 0 fully saturated rings. The molecule has 0 saturated heterocycles. The van der Waals surface area contributed by atoms with Crippen LogP contribution in [-0.4, -0.2) is 12.1 Å². The summed E-state index contributed by atoms with van der Waals surface area (Å²) in [4.78, 5) is 6.70. The number of nitrogens with zero attached hydrogens (tertiary/aromatic N) is 4. The molecule has 0 aliphatic carbocycles. The van der Waals surface area contributed by atoms with Gasteiger partial charge in [-0.1, -0.05) is 22.8 Å². The number of rotatable bonds is 3. The van der Waals surface area contributed by atoms with Gasteiger partial charge in [-0.15, -0.1) is 0 Å². The molecule has 6 heteroatoms. The van der Waals surface area contributed by atoms with Crippen molar-refractivity contribution in [1.82, 2.24) is 4.98 Å². The fourth-order valence-electron chi connectivity index (χ4n) is 1.59. The average molecular weight is 261 g/mol. The van der Waals surface area contributed by atoms with Crippen molar-refractivity contribution in [3.05, 3.63) is 52.1 Å². The van der Waals surface area contributed by atoms with Gasteiger partial charge in [0.2, 0.25) is 0 Å². The van der Waals surface area contributed by atoms with Crippen LogP contribution in [0.3, 0.4) is 0 Å². The molecule has 1 aromatic heterocycles. The summed E-state index contributed by atoms with van der Waals surface area (Å²) in [6.07, 6.45) is 3.14. The zero-order chi connectivity index (χ0) is 13.0. The van der Waals surface area contributed by atoms with Gasteiger partial charge in [-0.2, -0.15) is 0 Å². The Morgan fingerprint density at radius 3 is 2.89 bits per heavy atom.